The van der Waals surface area contributed by atoms with E-state index in [1.54, 1.807) is 0 Å². The summed E-state index contributed by atoms with van der Waals surface area (Å²) in [6.45, 7) is 49.7. The summed E-state index contributed by atoms with van der Waals surface area (Å²) < 4.78 is 0. The number of phenols is 3. The Bertz CT molecular complexity index is 1490. The van der Waals surface area contributed by atoms with Gasteiger partial charge in [0.05, 0.1) is 0 Å². The van der Waals surface area contributed by atoms with E-state index in [1.807, 2.05) is 77.9 Å². The van der Waals surface area contributed by atoms with E-state index >= 15 is 0 Å². The van der Waals surface area contributed by atoms with Gasteiger partial charge < -0.3 is 68.2 Å². The van der Waals surface area contributed by atoms with Crippen LogP contribution in [0.4, 0.5) is 0 Å². The first-order valence-electron chi connectivity index (χ1n) is 27.0. The number of aromatic hydroxyl groups is 3. The number of aliphatic hydroxyl groups excluding tert-OH is 6. The SMILES string of the molecule is CC1C(C)C(C)C(C)C1C.CC1C(C)C(C)C(C)C1C.CC1C(C)C(C)C(C)C1C.CO.CO.CO.CO.CO.CO.Cc1cc(CN(Cc2cc(C)c(O)c(C)c2)Cc2cc(C)c(O)c(C)c2)cc(C)c1O.[CH3-].[CH3-].[CH3-].[Ti].[Ti].[Ti]. The number of hydrogen-bond acceptors (Lipinski definition) is 10. The summed E-state index contributed by atoms with van der Waals surface area (Å²) in [5.41, 5.74) is 8.70. The molecule has 79 heavy (non-hydrogen) atoms. The first kappa shape index (κ1) is 99.9. The van der Waals surface area contributed by atoms with Gasteiger partial charge in [-0.05, 0) is 180 Å². The average Bonchev–Trinajstić information content (AvgIpc) is 3.76. The summed E-state index contributed by atoms with van der Waals surface area (Å²) in [5.74, 6) is 15.1. The van der Waals surface area contributed by atoms with Crippen molar-refractivity contribution in [2.24, 2.45) is 88.8 Å². The van der Waals surface area contributed by atoms with Gasteiger partial charge in [0, 0.05) is 127 Å². The van der Waals surface area contributed by atoms with Gasteiger partial charge in [0.15, 0.2) is 0 Å². The Morgan fingerprint density at radius 2 is 0.342 bits per heavy atom. The smallest absolute Gasteiger partial charge is 0.121 e. The Labute approximate surface area is 534 Å². The molecule has 3 saturated carbocycles. The van der Waals surface area contributed by atoms with E-state index in [0.29, 0.717) is 17.2 Å². The summed E-state index contributed by atoms with van der Waals surface area (Å²) in [6.07, 6.45) is 0. The summed E-state index contributed by atoms with van der Waals surface area (Å²) in [4.78, 5) is 2.35. The van der Waals surface area contributed by atoms with Gasteiger partial charge in [-0.1, -0.05) is 140 Å². The summed E-state index contributed by atoms with van der Waals surface area (Å²) in [7, 11) is 6.00. The van der Waals surface area contributed by atoms with Crippen molar-refractivity contribution in [3.8, 4) is 17.2 Å². The molecule has 3 aromatic carbocycles. The van der Waals surface area contributed by atoms with Crippen LogP contribution in [0.5, 0.6) is 17.2 Å². The third-order valence-electron chi connectivity index (χ3n) is 18.3. The van der Waals surface area contributed by atoms with Crippen molar-refractivity contribution >= 4 is 0 Å². The quantitative estimate of drug-likeness (QED) is 0.0850. The summed E-state index contributed by atoms with van der Waals surface area (Å²) in [5, 5.41) is 72.4. The summed E-state index contributed by atoms with van der Waals surface area (Å²) >= 11 is 0. The molecule has 3 fully saturated rings. The second kappa shape index (κ2) is 52.5. The van der Waals surface area contributed by atoms with Crippen molar-refractivity contribution in [1.29, 1.82) is 0 Å². The van der Waals surface area contributed by atoms with Gasteiger partial charge in [-0.25, -0.2) is 0 Å². The van der Waals surface area contributed by atoms with Crippen LogP contribution in [0.2, 0.25) is 0 Å². The van der Waals surface area contributed by atoms with Crippen LogP contribution in [0.1, 0.15) is 154 Å². The molecule has 10 nitrogen and oxygen atoms in total. The molecule has 464 valence electrons. The van der Waals surface area contributed by atoms with Gasteiger partial charge in [0.1, 0.15) is 17.2 Å². The van der Waals surface area contributed by atoms with E-state index in [2.05, 4.69) is 109 Å². The fraction of sp³-hybridized carbons (Fsp3) is 0.682. The topological polar surface area (TPSA) is 185 Å². The van der Waals surface area contributed by atoms with Crippen LogP contribution in [-0.4, -0.2) is 93.5 Å². The van der Waals surface area contributed by atoms with Gasteiger partial charge in [-0.15, -0.1) is 0 Å². The molecule has 0 atom stereocenters. The van der Waals surface area contributed by atoms with Crippen LogP contribution in [-0.2, 0) is 84.8 Å². The minimum absolute atomic E-state index is 0. The number of rotatable bonds is 6. The van der Waals surface area contributed by atoms with Gasteiger partial charge in [0.2, 0.25) is 0 Å². The van der Waals surface area contributed by atoms with Crippen molar-refractivity contribution in [2.75, 3.05) is 42.7 Å². The molecule has 0 unspecified atom stereocenters. The zero-order valence-electron chi connectivity index (χ0n) is 56.2. The van der Waals surface area contributed by atoms with Crippen LogP contribution >= 0.6 is 0 Å². The van der Waals surface area contributed by atoms with Gasteiger partial charge in [0.25, 0.3) is 0 Å². The normalized spacial score (nSPS) is 26.0. The van der Waals surface area contributed by atoms with Crippen molar-refractivity contribution in [3.63, 3.8) is 0 Å². The molecular weight excluding hydrogens is 1090 g/mol. The van der Waals surface area contributed by atoms with E-state index in [0.717, 1.165) is 201 Å². The molecule has 0 radical (unpaired) electrons. The number of benzene rings is 3. The van der Waals surface area contributed by atoms with Crippen molar-refractivity contribution < 1.29 is 111 Å². The van der Waals surface area contributed by atoms with Gasteiger partial charge >= 0.3 is 0 Å². The van der Waals surface area contributed by atoms with Gasteiger partial charge in [-0.2, -0.15) is 0 Å². The Balaban J connectivity index is -0.000000104. The molecule has 0 bridgehead atoms. The zero-order chi connectivity index (χ0) is 58.5. The van der Waals surface area contributed by atoms with E-state index < -0.39 is 0 Å². The van der Waals surface area contributed by atoms with Crippen molar-refractivity contribution in [1.82, 2.24) is 4.90 Å². The Hall–Kier alpha value is -1.08. The maximum atomic E-state index is 10.1. The van der Waals surface area contributed by atoms with Crippen molar-refractivity contribution in [2.45, 2.75) is 165 Å². The molecule has 3 aliphatic carbocycles. The molecular formula is C66H126NO9Ti3-3. The molecule has 0 aromatic heterocycles. The van der Waals surface area contributed by atoms with E-state index in [9.17, 15) is 15.3 Å². The molecule has 6 rings (SSSR count). The number of aryl methyl sites for hydroxylation is 6. The Morgan fingerprint density at radius 1 is 0.253 bits per heavy atom. The van der Waals surface area contributed by atoms with Crippen molar-refractivity contribution in [3.05, 3.63) is 109 Å². The Morgan fingerprint density at radius 3 is 0.430 bits per heavy atom. The molecule has 0 saturated heterocycles. The first-order chi connectivity index (χ1) is 34.2. The van der Waals surface area contributed by atoms with Crippen LogP contribution in [0.3, 0.4) is 0 Å². The van der Waals surface area contributed by atoms with E-state index in [-0.39, 0.29) is 87.4 Å². The second-order valence-corrected chi connectivity index (χ2v) is 21.8. The maximum Gasteiger partial charge on any atom is 0.121 e. The van der Waals surface area contributed by atoms with E-state index in [1.165, 1.54) is 0 Å². The molecule has 0 heterocycles. The summed E-state index contributed by atoms with van der Waals surface area (Å²) in [6, 6.07) is 12.2. The minimum atomic E-state index is 0. The minimum Gasteiger partial charge on any atom is -0.507 e. The zero-order valence-corrected chi connectivity index (χ0v) is 60.9. The number of aliphatic hydroxyl groups is 6. The molecule has 13 heteroatoms. The van der Waals surface area contributed by atoms with Crippen LogP contribution < -0.4 is 0 Å². The predicted molar refractivity (Wildman–Crippen MR) is 331 cm³/mol. The number of hydrogen-bond donors (Lipinski definition) is 9. The second-order valence-electron chi connectivity index (χ2n) is 21.8. The molecule has 3 aromatic rings. The molecule has 3 aliphatic rings. The largest absolute Gasteiger partial charge is 0.507 e. The monoisotopic (exact) mass is 1220 g/mol. The third kappa shape index (κ3) is 30.5. The molecule has 0 spiro atoms. The fourth-order valence-electron chi connectivity index (χ4n) is 11.5. The Kier molecular flexibility index (Phi) is 66.4. The average molecular weight is 1220 g/mol. The number of phenolic OH excluding ortho intramolecular Hbond substituents is 3. The van der Waals surface area contributed by atoms with Crippen LogP contribution in [0.15, 0.2) is 36.4 Å². The fourth-order valence-corrected chi connectivity index (χ4v) is 11.5. The van der Waals surface area contributed by atoms with E-state index in [4.69, 9.17) is 30.6 Å². The van der Waals surface area contributed by atoms with Crippen LogP contribution in [0.25, 0.3) is 0 Å². The van der Waals surface area contributed by atoms with Gasteiger partial charge in [-0.3, -0.25) is 4.90 Å². The molecule has 0 amide bonds. The standard InChI is InChI=1S/C27H33NO3.3C10H20.6CH4O.3CH3.3Ti/c1-16-7-22(8-17(2)25(16)29)13-28(14-23-9-18(3)26(30)19(4)10-23)15-24-11-20(5)27(31)21(6)12-24;3*1-6-7(2)9(4)10(5)8(6)3;6*1-2;;;;;;/h7-12,29-31H,13-15H2,1-6H3;3*6-10H,1-5H3;6*2H,1H3;3*1H3;;;/q;;;;;;;;;;3*-1;;;. The van der Waals surface area contributed by atoms with Crippen LogP contribution in [0, 0.1) is 153 Å². The number of nitrogens with zero attached hydrogens (tertiary/aromatic N) is 1. The third-order valence-corrected chi connectivity index (χ3v) is 18.3. The molecule has 9 N–H and O–H groups in total. The maximum absolute atomic E-state index is 10.1. The predicted octanol–water partition coefficient (Wildman–Crippen LogP) is 14.4. The molecule has 0 aliphatic heterocycles. The first-order valence-corrected chi connectivity index (χ1v) is 27.0.